The summed E-state index contributed by atoms with van der Waals surface area (Å²) in [6, 6.07) is 0. The van der Waals surface area contributed by atoms with Gasteiger partial charge >= 0.3 is 0 Å². The highest BCUT2D eigenvalue weighted by Gasteiger charge is 1.90. The fourth-order valence-corrected chi connectivity index (χ4v) is 1.16. The number of nitrogens with two attached hydrogens (primary N) is 2. The van der Waals surface area contributed by atoms with Crippen molar-refractivity contribution in [1.29, 1.82) is 5.41 Å². The first-order valence-electron chi connectivity index (χ1n) is 5.17. The van der Waals surface area contributed by atoms with Crippen LogP contribution in [0, 0.1) is 5.41 Å². The maximum Gasteiger partial charge on any atom is 0.241 e. The predicted molar refractivity (Wildman–Crippen MR) is 61.3 cm³/mol. The van der Waals surface area contributed by atoms with E-state index in [0.717, 1.165) is 38.6 Å². The molecule has 0 aromatic carbocycles. The van der Waals surface area contributed by atoms with Crippen LogP contribution in [-0.2, 0) is 4.79 Å². The third kappa shape index (κ3) is 12.5. The van der Waals surface area contributed by atoms with Crippen LogP contribution in [0.2, 0.25) is 0 Å². The summed E-state index contributed by atoms with van der Waals surface area (Å²) in [6.07, 6.45) is 8.38. The first kappa shape index (κ1) is 13.5. The zero-order chi connectivity index (χ0) is 11.5. The van der Waals surface area contributed by atoms with Crippen molar-refractivity contribution in [3.63, 3.8) is 0 Å². The Balaban J connectivity index is 3.11. The van der Waals surface area contributed by atoms with E-state index in [4.69, 9.17) is 16.9 Å². The third-order valence-corrected chi connectivity index (χ3v) is 1.90. The van der Waals surface area contributed by atoms with Gasteiger partial charge in [0, 0.05) is 6.54 Å². The molecule has 5 heteroatoms. The quantitative estimate of drug-likeness (QED) is 0.203. The summed E-state index contributed by atoms with van der Waals surface area (Å²) in [5, 5.41) is 9.67. The van der Waals surface area contributed by atoms with Crippen LogP contribution in [0.3, 0.4) is 0 Å². The zero-order valence-electron chi connectivity index (χ0n) is 8.96. The van der Waals surface area contributed by atoms with E-state index in [1.54, 1.807) is 6.08 Å². The molecule has 0 aliphatic rings. The summed E-state index contributed by atoms with van der Waals surface area (Å²) in [5.41, 5.74) is 10.1. The van der Waals surface area contributed by atoms with Crippen molar-refractivity contribution < 1.29 is 4.79 Å². The SMILES string of the molecule is N=C(N)NCCCCCC/C=C/C(N)=O. The van der Waals surface area contributed by atoms with Gasteiger partial charge in [0.05, 0.1) is 0 Å². The maximum atomic E-state index is 10.3. The fourth-order valence-electron chi connectivity index (χ4n) is 1.16. The topological polar surface area (TPSA) is 105 Å². The number of carbonyl (C=O) groups excluding carboxylic acids is 1. The van der Waals surface area contributed by atoms with Gasteiger partial charge < -0.3 is 16.8 Å². The van der Waals surface area contributed by atoms with Gasteiger partial charge in [0.1, 0.15) is 0 Å². The third-order valence-electron chi connectivity index (χ3n) is 1.90. The summed E-state index contributed by atoms with van der Waals surface area (Å²) in [4.78, 5) is 10.3. The van der Waals surface area contributed by atoms with Gasteiger partial charge in [-0.1, -0.05) is 18.9 Å². The molecule has 5 nitrogen and oxygen atoms in total. The number of allylic oxidation sites excluding steroid dienone is 1. The van der Waals surface area contributed by atoms with E-state index in [-0.39, 0.29) is 11.9 Å². The molecule has 0 aromatic rings. The van der Waals surface area contributed by atoms with Crippen LogP contribution in [0.15, 0.2) is 12.2 Å². The van der Waals surface area contributed by atoms with Crippen molar-refractivity contribution in [2.24, 2.45) is 11.5 Å². The molecule has 0 spiro atoms. The molecule has 0 heterocycles. The summed E-state index contributed by atoms with van der Waals surface area (Å²) < 4.78 is 0. The number of guanidine groups is 1. The minimum Gasteiger partial charge on any atom is -0.370 e. The number of unbranched alkanes of at least 4 members (excludes halogenated alkanes) is 4. The largest absolute Gasteiger partial charge is 0.370 e. The predicted octanol–water partition coefficient (Wildman–Crippen LogP) is 0.461. The lowest BCUT2D eigenvalue weighted by molar-refractivity contribution is -0.113. The second kappa shape index (κ2) is 9.05. The number of hydrogen-bond acceptors (Lipinski definition) is 2. The molecule has 0 saturated heterocycles. The van der Waals surface area contributed by atoms with Gasteiger partial charge in [-0.3, -0.25) is 10.2 Å². The van der Waals surface area contributed by atoms with E-state index >= 15 is 0 Å². The fraction of sp³-hybridized carbons (Fsp3) is 0.600. The number of rotatable bonds is 8. The van der Waals surface area contributed by atoms with Crippen molar-refractivity contribution in [2.75, 3.05) is 6.54 Å². The number of nitrogens with one attached hydrogen (secondary N) is 2. The molecular weight excluding hydrogens is 192 g/mol. The second-order valence-corrected chi connectivity index (χ2v) is 3.35. The second-order valence-electron chi connectivity index (χ2n) is 3.35. The molecule has 0 aromatic heterocycles. The molecule has 0 rings (SSSR count). The Bertz CT molecular complexity index is 225. The van der Waals surface area contributed by atoms with Crippen LogP contribution in [0.4, 0.5) is 0 Å². The van der Waals surface area contributed by atoms with Crippen molar-refractivity contribution in [1.82, 2.24) is 5.32 Å². The molecular formula is C10H20N4O. The highest BCUT2D eigenvalue weighted by Crippen LogP contribution is 2.02. The Morgan fingerprint density at radius 3 is 2.47 bits per heavy atom. The van der Waals surface area contributed by atoms with E-state index < -0.39 is 0 Å². The molecule has 0 bridgehead atoms. The normalized spacial score (nSPS) is 10.4. The van der Waals surface area contributed by atoms with Crippen molar-refractivity contribution in [3.05, 3.63) is 12.2 Å². The molecule has 15 heavy (non-hydrogen) atoms. The van der Waals surface area contributed by atoms with Crippen LogP contribution in [0.5, 0.6) is 0 Å². The van der Waals surface area contributed by atoms with E-state index in [1.807, 2.05) is 0 Å². The molecule has 0 aliphatic carbocycles. The van der Waals surface area contributed by atoms with Gasteiger partial charge in [0.25, 0.3) is 0 Å². The lowest BCUT2D eigenvalue weighted by Crippen LogP contribution is -2.30. The lowest BCUT2D eigenvalue weighted by atomic mass is 10.1. The van der Waals surface area contributed by atoms with E-state index in [1.165, 1.54) is 6.08 Å². The van der Waals surface area contributed by atoms with Crippen LogP contribution in [0.1, 0.15) is 32.1 Å². The first-order valence-corrected chi connectivity index (χ1v) is 5.17. The summed E-state index contributed by atoms with van der Waals surface area (Å²) in [5.74, 6) is -0.361. The highest BCUT2D eigenvalue weighted by molar-refractivity contribution is 5.85. The van der Waals surface area contributed by atoms with Gasteiger partial charge in [-0.25, -0.2) is 0 Å². The number of carbonyl (C=O) groups is 1. The summed E-state index contributed by atoms with van der Waals surface area (Å²) >= 11 is 0. The first-order chi connectivity index (χ1) is 7.13. The maximum absolute atomic E-state index is 10.3. The Labute approximate surface area is 90.4 Å². The number of amides is 1. The summed E-state index contributed by atoms with van der Waals surface area (Å²) in [7, 11) is 0. The smallest absolute Gasteiger partial charge is 0.241 e. The van der Waals surface area contributed by atoms with E-state index in [9.17, 15) is 4.79 Å². The monoisotopic (exact) mass is 212 g/mol. The molecule has 1 amide bonds. The lowest BCUT2D eigenvalue weighted by Gasteiger charge is -2.02. The van der Waals surface area contributed by atoms with Gasteiger partial charge in [0.2, 0.25) is 5.91 Å². The Morgan fingerprint density at radius 2 is 1.87 bits per heavy atom. The molecule has 0 saturated carbocycles. The van der Waals surface area contributed by atoms with E-state index in [0.29, 0.717) is 0 Å². The van der Waals surface area contributed by atoms with Crippen molar-refractivity contribution in [2.45, 2.75) is 32.1 Å². The van der Waals surface area contributed by atoms with Crippen LogP contribution in [0.25, 0.3) is 0 Å². The average molecular weight is 212 g/mol. The van der Waals surface area contributed by atoms with Gasteiger partial charge in [0.15, 0.2) is 5.96 Å². The molecule has 86 valence electrons. The van der Waals surface area contributed by atoms with Crippen molar-refractivity contribution in [3.8, 4) is 0 Å². The molecule has 0 unspecified atom stereocenters. The molecule has 0 fully saturated rings. The van der Waals surface area contributed by atoms with Crippen LogP contribution < -0.4 is 16.8 Å². The van der Waals surface area contributed by atoms with E-state index in [2.05, 4.69) is 5.32 Å². The molecule has 0 atom stereocenters. The van der Waals surface area contributed by atoms with Crippen LogP contribution >= 0.6 is 0 Å². The summed E-state index contributed by atoms with van der Waals surface area (Å²) in [6.45, 7) is 0.756. The van der Waals surface area contributed by atoms with Crippen molar-refractivity contribution >= 4 is 11.9 Å². The standard InChI is InChI=1S/C10H20N4O/c11-9(15)7-5-3-1-2-4-6-8-14-10(12)13/h5,7H,1-4,6,8H2,(H2,11,15)(H4,12,13,14)/b7-5+. The molecule has 0 aliphatic heterocycles. The Morgan fingerprint density at radius 1 is 1.20 bits per heavy atom. The van der Waals surface area contributed by atoms with Gasteiger partial charge in [-0.15, -0.1) is 0 Å². The minimum absolute atomic E-state index is 0.0272. The average Bonchev–Trinajstić information content (AvgIpc) is 2.14. The Kier molecular flexibility index (Phi) is 8.13. The number of primary amides is 1. The Hall–Kier alpha value is -1.52. The highest BCUT2D eigenvalue weighted by atomic mass is 16.1. The molecule has 0 radical (unpaired) electrons. The number of hydrogen-bond donors (Lipinski definition) is 4. The van der Waals surface area contributed by atoms with Gasteiger partial charge in [-0.2, -0.15) is 0 Å². The molecule has 6 N–H and O–H groups in total. The van der Waals surface area contributed by atoms with Crippen LogP contribution in [-0.4, -0.2) is 18.4 Å². The van der Waals surface area contributed by atoms with Gasteiger partial charge in [-0.05, 0) is 25.3 Å². The minimum atomic E-state index is -0.388. The zero-order valence-corrected chi connectivity index (χ0v) is 8.96.